The summed E-state index contributed by atoms with van der Waals surface area (Å²) < 4.78 is 2.00. The van der Waals surface area contributed by atoms with Crippen LogP contribution in [0, 0.1) is 13.8 Å². The largest absolute Gasteiger partial charge is 0.369 e. The summed E-state index contributed by atoms with van der Waals surface area (Å²) in [5, 5.41) is 12.6. The molecule has 0 amide bonds. The molecule has 0 spiro atoms. The summed E-state index contributed by atoms with van der Waals surface area (Å²) in [6.45, 7) is 15.1. The van der Waals surface area contributed by atoms with E-state index in [1.807, 2.05) is 4.68 Å². The Balaban J connectivity index is 0.00000280. The van der Waals surface area contributed by atoms with Crippen LogP contribution in [-0.2, 0) is 0 Å². The highest BCUT2D eigenvalue weighted by atomic mass is 35.5. The molecule has 3 rings (SSSR count). The van der Waals surface area contributed by atoms with Gasteiger partial charge in [-0.25, -0.2) is 4.68 Å². The number of hydrogen-bond acceptors (Lipinski definition) is 5. The van der Waals surface area contributed by atoms with Crippen molar-refractivity contribution in [2.75, 3.05) is 31.1 Å². The third-order valence-corrected chi connectivity index (χ3v) is 5.60. The Morgan fingerprint density at radius 1 is 1.07 bits per heavy atom. The third-order valence-electron chi connectivity index (χ3n) is 5.60. The molecule has 1 aliphatic heterocycles. The molecule has 1 aromatic carbocycles. The van der Waals surface area contributed by atoms with Gasteiger partial charge in [0.05, 0.1) is 12.1 Å². The lowest BCUT2D eigenvalue weighted by Crippen LogP contribution is -2.48. The topological polar surface area (TPSA) is 50.1 Å². The number of nitrogens with zero attached hydrogens (tertiary/aromatic N) is 6. The van der Waals surface area contributed by atoms with E-state index in [1.54, 1.807) is 0 Å². The van der Waals surface area contributed by atoms with Gasteiger partial charge in [0.25, 0.3) is 0 Å². The minimum atomic E-state index is 0. The van der Waals surface area contributed by atoms with E-state index < -0.39 is 0 Å². The first kappa shape index (κ1) is 22.6. The number of halogens is 1. The van der Waals surface area contributed by atoms with Gasteiger partial charge in [0.1, 0.15) is 0 Å². The van der Waals surface area contributed by atoms with Gasteiger partial charge in [0.15, 0.2) is 5.82 Å². The smallest absolute Gasteiger partial charge is 0.168 e. The summed E-state index contributed by atoms with van der Waals surface area (Å²) in [4.78, 5) is 5.11. The van der Waals surface area contributed by atoms with Crippen molar-refractivity contribution in [1.82, 2.24) is 25.1 Å². The van der Waals surface area contributed by atoms with Crippen LogP contribution in [0.25, 0.3) is 0 Å². The maximum absolute atomic E-state index is 4.42. The van der Waals surface area contributed by atoms with Crippen molar-refractivity contribution >= 4 is 18.1 Å². The second kappa shape index (κ2) is 10.2. The highest BCUT2D eigenvalue weighted by Crippen LogP contribution is 2.29. The summed E-state index contributed by atoms with van der Waals surface area (Å²) in [5.41, 5.74) is 4.07. The van der Waals surface area contributed by atoms with Crippen molar-refractivity contribution in [3.05, 3.63) is 35.2 Å². The van der Waals surface area contributed by atoms with Gasteiger partial charge in [-0.05, 0) is 61.7 Å². The highest BCUT2D eigenvalue weighted by molar-refractivity contribution is 5.85. The minimum Gasteiger partial charge on any atom is -0.369 e. The Bertz CT molecular complexity index is 736. The number of rotatable bonds is 7. The molecule has 1 fully saturated rings. The summed E-state index contributed by atoms with van der Waals surface area (Å²) in [6.07, 6.45) is 3.52. The predicted molar refractivity (Wildman–Crippen MR) is 117 cm³/mol. The van der Waals surface area contributed by atoms with Crippen molar-refractivity contribution in [3.8, 4) is 0 Å². The van der Waals surface area contributed by atoms with Crippen LogP contribution in [0.15, 0.2) is 18.2 Å². The number of benzene rings is 1. The van der Waals surface area contributed by atoms with Crippen LogP contribution in [-0.4, -0.2) is 51.3 Å². The van der Waals surface area contributed by atoms with E-state index in [9.17, 15) is 0 Å². The van der Waals surface area contributed by atoms with Gasteiger partial charge < -0.3 is 4.90 Å². The van der Waals surface area contributed by atoms with Crippen molar-refractivity contribution < 1.29 is 0 Å². The number of piperazine rings is 1. The second-order valence-corrected chi connectivity index (χ2v) is 8.05. The molecule has 2 aromatic rings. The monoisotopic (exact) mass is 406 g/mol. The van der Waals surface area contributed by atoms with E-state index in [-0.39, 0.29) is 18.4 Å². The molecule has 0 saturated carbocycles. The number of tetrazole rings is 1. The maximum Gasteiger partial charge on any atom is 0.168 e. The first-order valence-corrected chi connectivity index (χ1v) is 10.3. The summed E-state index contributed by atoms with van der Waals surface area (Å²) in [5.74, 6) is 1.03. The zero-order valence-electron chi connectivity index (χ0n) is 17.9. The zero-order valence-corrected chi connectivity index (χ0v) is 18.7. The molecular weight excluding hydrogens is 372 g/mol. The van der Waals surface area contributed by atoms with Crippen LogP contribution >= 0.6 is 12.4 Å². The molecule has 7 heteroatoms. The Morgan fingerprint density at radius 3 is 2.43 bits per heavy atom. The highest BCUT2D eigenvalue weighted by Gasteiger charge is 2.29. The number of anilines is 1. The minimum absolute atomic E-state index is 0. The first-order chi connectivity index (χ1) is 13.0. The Hall–Kier alpha value is -1.66. The summed E-state index contributed by atoms with van der Waals surface area (Å²) in [7, 11) is 0. The van der Waals surface area contributed by atoms with Crippen molar-refractivity contribution in [2.24, 2.45) is 0 Å². The van der Waals surface area contributed by atoms with Crippen LogP contribution in [0.3, 0.4) is 0 Å². The lowest BCUT2D eigenvalue weighted by molar-refractivity contribution is 0.161. The molecule has 1 aromatic heterocycles. The zero-order chi connectivity index (χ0) is 19.4. The molecule has 28 heavy (non-hydrogen) atoms. The van der Waals surface area contributed by atoms with E-state index in [1.165, 1.54) is 29.7 Å². The molecule has 0 radical (unpaired) electrons. The lowest BCUT2D eigenvalue weighted by atomic mass is 10.0. The second-order valence-electron chi connectivity index (χ2n) is 8.05. The van der Waals surface area contributed by atoms with Crippen LogP contribution in [0.2, 0.25) is 0 Å². The van der Waals surface area contributed by atoms with Gasteiger partial charge in [-0.15, -0.1) is 17.5 Å². The molecule has 6 nitrogen and oxygen atoms in total. The fraction of sp³-hybridized carbons (Fsp3) is 0.667. The van der Waals surface area contributed by atoms with Gasteiger partial charge >= 0.3 is 0 Å². The molecular formula is C21H35ClN6. The van der Waals surface area contributed by atoms with E-state index in [4.69, 9.17) is 0 Å². The van der Waals surface area contributed by atoms with E-state index in [0.29, 0.717) is 6.04 Å². The molecule has 2 heterocycles. The fourth-order valence-electron chi connectivity index (χ4n) is 3.99. The molecule has 1 aliphatic rings. The maximum atomic E-state index is 4.42. The van der Waals surface area contributed by atoms with Crippen LogP contribution in [0.1, 0.15) is 69.1 Å². The van der Waals surface area contributed by atoms with Gasteiger partial charge in [-0.2, -0.15) is 0 Å². The van der Waals surface area contributed by atoms with Gasteiger partial charge in [0, 0.05) is 31.9 Å². The quantitative estimate of drug-likeness (QED) is 0.684. The molecule has 0 aliphatic carbocycles. The Kier molecular flexibility index (Phi) is 8.25. The van der Waals surface area contributed by atoms with Gasteiger partial charge in [-0.3, -0.25) is 4.90 Å². The van der Waals surface area contributed by atoms with E-state index >= 15 is 0 Å². The van der Waals surface area contributed by atoms with Crippen LogP contribution in [0.5, 0.6) is 0 Å². The first-order valence-electron chi connectivity index (χ1n) is 10.3. The van der Waals surface area contributed by atoms with Crippen LogP contribution < -0.4 is 4.90 Å². The summed E-state index contributed by atoms with van der Waals surface area (Å²) in [6, 6.07) is 7.34. The van der Waals surface area contributed by atoms with Crippen molar-refractivity contribution in [3.63, 3.8) is 0 Å². The molecule has 1 saturated heterocycles. The Labute approximate surface area is 175 Å². The molecule has 1 unspecified atom stereocenters. The normalized spacial score (nSPS) is 16.3. The van der Waals surface area contributed by atoms with Gasteiger partial charge in [-0.1, -0.05) is 31.9 Å². The van der Waals surface area contributed by atoms with E-state index in [2.05, 4.69) is 78.1 Å². The number of aromatic nitrogens is 4. The lowest BCUT2D eigenvalue weighted by Gasteiger charge is -2.40. The average Bonchev–Trinajstić information content (AvgIpc) is 3.14. The summed E-state index contributed by atoms with van der Waals surface area (Å²) >= 11 is 0. The number of hydrogen-bond donors (Lipinski definition) is 0. The van der Waals surface area contributed by atoms with Crippen LogP contribution in [0.4, 0.5) is 5.69 Å². The molecule has 1 atom stereocenters. The number of unbranched alkanes of at least 4 members (excludes halogenated alkanes) is 1. The molecule has 156 valence electrons. The Morgan fingerprint density at radius 2 is 1.79 bits per heavy atom. The third kappa shape index (κ3) is 5.03. The fourth-order valence-corrected chi connectivity index (χ4v) is 3.99. The van der Waals surface area contributed by atoms with E-state index in [0.717, 1.165) is 38.4 Å². The average molecular weight is 407 g/mol. The van der Waals surface area contributed by atoms with Gasteiger partial charge in [0.2, 0.25) is 0 Å². The van der Waals surface area contributed by atoms with Crippen molar-refractivity contribution in [1.29, 1.82) is 0 Å². The number of aryl methyl sites for hydroxylation is 2. The SMILES string of the molecule is CCCCC(c1nnnn1C(C)C)N1CCN(c2cc(C)ccc2C)CC1.Cl. The standard InChI is InChI=1S/C21H34N6.ClH/c1-6-7-8-19(21-22-23-24-27(21)16(2)3)25-11-13-26(14-12-25)20-15-17(4)9-10-18(20)5;/h9-10,15-16,19H,6-8,11-14H2,1-5H3;1H. The predicted octanol–water partition coefficient (Wildman–Crippen LogP) is 4.35. The molecule has 0 bridgehead atoms. The van der Waals surface area contributed by atoms with Crippen molar-refractivity contribution in [2.45, 2.75) is 66.0 Å². The molecule has 0 N–H and O–H groups in total.